The number of alkyl halides is 3. The van der Waals surface area contributed by atoms with E-state index in [-0.39, 0.29) is 4.90 Å². The molecule has 0 aromatic rings. The Labute approximate surface area is 93.3 Å². The number of carboxylic acids is 1. The summed E-state index contributed by atoms with van der Waals surface area (Å²) in [4.78, 5) is 21.6. The monoisotopic (exact) mass is 257 g/mol. The Morgan fingerprint density at radius 1 is 1.18 bits per heavy atom. The van der Waals surface area contributed by atoms with Gasteiger partial charge in [0.1, 0.15) is 6.04 Å². The molecule has 1 aliphatic rings. The molecular formula is C8H10F3NO5. The number of hydrogen-bond acceptors (Lipinski definition) is 4. The van der Waals surface area contributed by atoms with Crippen molar-refractivity contribution in [3.05, 3.63) is 0 Å². The molecule has 1 rings (SSSR count). The number of aliphatic carboxylic acids is 1. The molecule has 0 radical (unpaired) electrons. The largest absolute Gasteiger partial charge is 0.480 e. The molecule has 1 amide bonds. The van der Waals surface area contributed by atoms with E-state index in [1.807, 2.05) is 0 Å². The topological polar surface area (TPSA) is 98.1 Å². The number of piperidine rings is 1. The molecule has 1 heterocycles. The van der Waals surface area contributed by atoms with E-state index in [0.717, 1.165) is 0 Å². The lowest BCUT2D eigenvalue weighted by molar-refractivity contribution is -0.196. The minimum absolute atomic E-state index is 0.0136. The molecule has 0 bridgehead atoms. The number of amides is 1. The number of rotatable bonds is 1. The maximum atomic E-state index is 12.2. The number of aliphatic hydroxyl groups excluding tert-OH is 2. The number of nitrogens with zero attached hydrogens (tertiary/aromatic N) is 1. The molecule has 0 spiro atoms. The number of carboxylic acid groups (broad SMARTS) is 1. The van der Waals surface area contributed by atoms with Crippen molar-refractivity contribution in [2.75, 3.05) is 6.54 Å². The van der Waals surface area contributed by atoms with Crippen molar-refractivity contribution in [3.63, 3.8) is 0 Å². The van der Waals surface area contributed by atoms with Crippen LogP contribution in [-0.4, -0.2) is 63.1 Å². The minimum atomic E-state index is -5.21. The third kappa shape index (κ3) is 2.86. The van der Waals surface area contributed by atoms with Gasteiger partial charge < -0.3 is 20.2 Å². The van der Waals surface area contributed by atoms with E-state index in [0.29, 0.717) is 0 Å². The van der Waals surface area contributed by atoms with Gasteiger partial charge in [0.2, 0.25) is 0 Å². The van der Waals surface area contributed by atoms with E-state index in [1.165, 1.54) is 0 Å². The average Bonchev–Trinajstić information content (AvgIpc) is 2.18. The Kier molecular flexibility index (Phi) is 3.62. The van der Waals surface area contributed by atoms with Crippen LogP contribution in [0.4, 0.5) is 13.2 Å². The third-order valence-electron chi connectivity index (χ3n) is 2.46. The molecule has 0 saturated carbocycles. The maximum Gasteiger partial charge on any atom is 0.471 e. The van der Waals surface area contributed by atoms with Crippen LogP contribution < -0.4 is 0 Å². The van der Waals surface area contributed by atoms with Crippen molar-refractivity contribution >= 4 is 11.9 Å². The predicted octanol–water partition coefficient (Wildman–Crippen LogP) is -1.04. The Morgan fingerprint density at radius 2 is 1.71 bits per heavy atom. The first kappa shape index (κ1) is 13.7. The second-order valence-electron chi connectivity index (χ2n) is 3.68. The summed E-state index contributed by atoms with van der Waals surface area (Å²) >= 11 is 0. The predicted molar refractivity (Wildman–Crippen MR) is 45.8 cm³/mol. The van der Waals surface area contributed by atoms with Gasteiger partial charge in [-0.2, -0.15) is 13.2 Å². The molecule has 0 aromatic heterocycles. The molecule has 17 heavy (non-hydrogen) atoms. The highest BCUT2D eigenvalue weighted by atomic mass is 19.4. The van der Waals surface area contributed by atoms with Gasteiger partial charge in [0.25, 0.3) is 0 Å². The Hall–Kier alpha value is -1.35. The molecule has 1 fully saturated rings. The van der Waals surface area contributed by atoms with Gasteiger partial charge in [-0.25, -0.2) is 4.79 Å². The van der Waals surface area contributed by atoms with Crippen LogP contribution in [0.25, 0.3) is 0 Å². The lowest BCUT2D eigenvalue weighted by Crippen LogP contribution is -2.59. The highest BCUT2D eigenvalue weighted by Crippen LogP contribution is 2.25. The number of halogens is 3. The molecule has 9 heteroatoms. The Morgan fingerprint density at radius 3 is 2.12 bits per heavy atom. The van der Waals surface area contributed by atoms with E-state index in [4.69, 9.17) is 15.3 Å². The lowest BCUT2D eigenvalue weighted by atomic mass is 9.97. The van der Waals surface area contributed by atoms with Crippen molar-refractivity contribution in [1.82, 2.24) is 4.90 Å². The number of hydrogen-bond donors (Lipinski definition) is 3. The summed E-state index contributed by atoms with van der Waals surface area (Å²) in [7, 11) is 0. The van der Waals surface area contributed by atoms with Crippen LogP contribution >= 0.6 is 0 Å². The molecular weight excluding hydrogens is 247 g/mol. The molecule has 1 saturated heterocycles. The van der Waals surface area contributed by atoms with Crippen LogP contribution in [-0.2, 0) is 9.59 Å². The standard InChI is InChI=1S/C8H10F3NO5/c9-8(10,11)7(17)12-2-5(14)4(13)1-3(12)6(15)16/h3-5,13-14H,1-2H2,(H,15,16)/t3?,4-,5+/m1/s1. The number of carbonyl (C=O) groups excluding carboxylic acids is 1. The van der Waals surface area contributed by atoms with Crippen LogP contribution in [0, 0.1) is 0 Å². The van der Waals surface area contributed by atoms with Gasteiger partial charge in [-0.3, -0.25) is 4.79 Å². The molecule has 0 aromatic carbocycles. The zero-order valence-corrected chi connectivity index (χ0v) is 8.39. The smallest absolute Gasteiger partial charge is 0.471 e. The van der Waals surface area contributed by atoms with E-state index < -0.39 is 49.3 Å². The number of likely N-dealkylation sites (tertiary alicyclic amines) is 1. The number of β-amino-alcohol motifs (C(OH)–C–C–N with tert-alkyl or cyclic N) is 1. The summed E-state index contributed by atoms with van der Waals surface area (Å²) < 4.78 is 36.5. The minimum Gasteiger partial charge on any atom is -0.480 e. The fourth-order valence-corrected chi connectivity index (χ4v) is 1.58. The molecule has 1 aliphatic heterocycles. The summed E-state index contributed by atoms with van der Waals surface area (Å²) in [6.45, 7) is -0.865. The van der Waals surface area contributed by atoms with Crippen LogP contribution in [0.15, 0.2) is 0 Å². The second kappa shape index (κ2) is 4.49. The molecule has 0 aliphatic carbocycles. The fraction of sp³-hybridized carbons (Fsp3) is 0.750. The summed E-state index contributed by atoms with van der Waals surface area (Å²) in [6, 6.07) is -1.79. The number of carbonyl (C=O) groups is 2. The van der Waals surface area contributed by atoms with Crippen LogP contribution in [0.3, 0.4) is 0 Å². The maximum absolute atomic E-state index is 12.2. The van der Waals surface area contributed by atoms with Gasteiger partial charge in [-0.1, -0.05) is 0 Å². The van der Waals surface area contributed by atoms with Gasteiger partial charge in [0, 0.05) is 6.42 Å². The summed E-state index contributed by atoms with van der Waals surface area (Å²) in [5, 5.41) is 27.0. The average molecular weight is 257 g/mol. The van der Waals surface area contributed by atoms with Crippen molar-refractivity contribution in [1.29, 1.82) is 0 Å². The highest BCUT2D eigenvalue weighted by molar-refractivity contribution is 5.87. The van der Waals surface area contributed by atoms with Crippen LogP contribution in [0.2, 0.25) is 0 Å². The Bertz CT molecular complexity index is 332. The van der Waals surface area contributed by atoms with E-state index >= 15 is 0 Å². The summed E-state index contributed by atoms with van der Waals surface area (Å²) in [6.07, 6.45) is -8.90. The van der Waals surface area contributed by atoms with Gasteiger partial charge >= 0.3 is 18.1 Å². The molecule has 6 nitrogen and oxygen atoms in total. The zero-order chi connectivity index (χ0) is 13.4. The lowest BCUT2D eigenvalue weighted by Gasteiger charge is -2.38. The van der Waals surface area contributed by atoms with Gasteiger partial charge in [-0.15, -0.1) is 0 Å². The van der Waals surface area contributed by atoms with E-state index in [2.05, 4.69) is 0 Å². The summed E-state index contributed by atoms with van der Waals surface area (Å²) in [5.41, 5.74) is 0. The molecule has 98 valence electrons. The van der Waals surface area contributed by atoms with E-state index in [1.54, 1.807) is 0 Å². The molecule has 3 atom stereocenters. The quantitative estimate of drug-likeness (QED) is 0.557. The van der Waals surface area contributed by atoms with Crippen LogP contribution in [0.5, 0.6) is 0 Å². The van der Waals surface area contributed by atoms with Gasteiger partial charge in [-0.05, 0) is 0 Å². The fourth-order valence-electron chi connectivity index (χ4n) is 1.58. The van der Waals surface area contributed by atoms with Crippen molar-refractivity contribution in [2.45, 2.75) is 30.8 Å². The van der Waals surface area contributed by atoms with Gasteiger partial charge in [0.05, 0.1) is 18.8 Å². The zero-order valence-electron chi connectivity index (χ0n) is 8.39. The molecule has 1 unspecified atom stereocenters. The first-order valence-corrected chi connectivity index (χ1v) is 4.61. The first-order valence-electron chi connectivity index (χ1n) is 4.61. The van der Waals surface area contributed by atoms with Crippen molar-refractivity contribution in [2.24, 2.45) is 0 Å². The second-order valence-corrected chi connectivity index (χ2v) is 3.68. The normalized spacial score (nSPS) is 30.2. The number of aliphatic hydroxyl groups is 2. The SMILES string of the molecule is O=C(O)C1C[C@@H](O)[C@@H](O)CN1C(=O)C(F)(F)F. The third-order valence-corrected chi connectivity index (χ3v) is 2.46. The molecule has 3 N–H and O–H groups in total. The van der Waals surface area contributed by atoms with Crippen molar-refractivity contribution < 1.29 is 38.1 Å². The Balaban J connectivity index is 2.94. The van der Waals surface area contributed by atoms with E-state index in [9.17, 15) is 22.8 Å². The van der Waals surface area contributed by atoms with Crippen LogP contribution in [0.1, 0.15) is 6.42 Å². The summed E-state index contributed by atoms with van der Waals surface area (Å²) in [5.74, 6) is -4.00. The van der Waals surface area contributed by atoms with Gasteiger partial charge in [0.15, 0.2) is 0 Å². The first-order chi connectivity index (χ1) is 7.64. The van der Waals surface area contributed by atoms with Crippen molar-refractivity contribution in [3.8, 4) is 0 Å². The highest BCUT2D eigenvalue weighted by Gasteiger charge is 2.49.